The number of carbonyl (C=O) groups is 2. The molecule has 1 unspecified atom stereocenters. The highest BCUT2D eigenvalue weighted by molar-refractivity contribution is 5.88. The third-order valence-corrected chi connectivity index (χ3v) is 4.64. The summed E-state index contributed by atoms with van der Waals surface area (Å²) in [6, 6.07) is 3.99. The monoisotopic (exact) mass is 289 g/mol. The number of carbonyl (C=O) groups excluding carboxylic acids is 1. The molecule has 1 amide bonds. The minimum atomic E-state index is -0.874. The molecule has 6 nitrogen and oxygen atoms in total. The van der Waals surface area contributed by atoms with E-state index in [1.54, 1.807) is 6.20 Å². The van der Waals surface area contributed by atoms with Crippen LogP contribution in [0.3, 0.4) is 0 Å². The van der Waals surface area contributed by atoms with Gasteiger partial charge in [0.2, 0.25) is 5.91 Å². The molecule has 0 radical (unpaired) electrons. The number of carboxylic acid groups (broad SMARTS) is 1. The summed E-state index contributed by atoms with van der Waals surface area (Å²) in [6.07, 6.45) is 3.21. The zero-order chi connectivity index (χ0) is 15.0. The number of carboxylic acids is 1. The Balaban J connectivity index is 1.75. The molecule has 1 aromatic heterocycles. The quantitative estimate of drug-likeness (QED) is 0.847. The summed E-state index contributed by atoms with van der Waals surface area (Å²) < 4.78 is 0. The van der Waals surface area contributed by atoms with Crippen LogP contribution in [-0.4, -0.2) is 40.6 Å². The van der Waals surface area contributed by atoms with Crippen molar-refractivity contribution in [3.63, 3.8) is 0 Å². The molecule has 0 bridgehead atoms. The number of aryl methyl sites for hydroxylation is 1. The number of pyridine rings is 1. The van der Waals surface area contributed by atoms with Gasteiger partial charge in [0.15, 0.2) is 0 Å². The van der Waals surface area contributed by atoms with Gasteiger partial charge in [0, 0.05) is 37.1 Å². The van der Waals surface area contributed by atoms with Gasteiger partial charge in [-0.1, -0.05) is 0 Å². The number of aromatic nitrogens is 1. The van der Waals surface area contributed by atoms with E-state index in [4.69, 9.17) is 0 Å². The number of hydrogen-bond donors (Lipinski definition) is 2. The Labute approximate surface area is 123 Å². The lowest BCUT2D eigenvalue weighted by Gasteiger charge is -2.42. The first kappa shape index (κ1) is 13.9. The first-order valence-corrected chi connectivity index (χ1v) is 7.22. The Kier molecular flexibility index (Phi) is 3.31. The molecule has 6 heteroatoms. The van der Waals surface area contributed by atoms with E-state index < -0.39 is 17.4 Å². The minimum absolute atomic E-state index is 0.101. The zero-order valence-corrected chi connectivity index (χ0v) is 12.0. The molecule has 0 aliphatic carbocycles. The van der Waals surface area contributed by atoms with Crippen LogP contribution < -0.4 is 10.2 Å². The van der Waals surface area contributed by atoms with E-state index in [0.29, 0.717) is 12.8 Å². The number of piperidine rings is 1. The van der Waals surface area contributed by atoms with Crippen LogP contribution in [0, 0.1) is 12.8 Å². The predicted octanol–water partition coefficient (Wildman–Crippen LogP) is 0.950. The third kappa shape index (κ3) is 2.46. The van der Waals surface area contributed by atoms with Gasteiger partial charge in [-0.2, -0.15) is 0 Å². The molecule has 2 fully saturated rings. The van der Waals surface area contributed by atoms with E-state index in [1.807, 2.05) is 19.1 Å². The van der Waals surface area contributed by atoms with E-state index in [2.05, 4.69) is 15.2 Å². The lowest BCUT2D eigenvalue weighted by Crippen LogP contribution is -2.55. The first-order valence-electron chi connectivity index (χ1n) is 7.22. The molecule has 0 saturated carbocycles. The molecular weight excluding hydrogens is 270 g/mol. The van der Waals surface area contributed by atoms with Crippen molar-refractivity contribution in [3.05, 3.63) is 24.0 Å². The fourth-order valence-electron chi connectivity index (χ4n) is 3.48. The van der Waals surface area contributed by atoms with Crippen molar-refractivity contribution in [2.45, 2.75) is 31.7 Å². The Bertz CT molecular complexity index is 579. The molecule has 1 aromatic rings. The van der Waals surface area contributed by atoms with Crippen molar-refractivity contribution in [2.75, 3.05) is 18.0 Å². The van der Waals surface area contributed by atoms with E-state index >= 15 is 0 Å². The van der Waals surface area contributed by atoms with Crippen LogP contribution in [0.2, 0.25) is 0 Å². The van der Waals surface area contributed by atoms with Crippen molar-refractivity contribution in [1.82, 2.24) is 10.3 Å². The van der Waals surface area contributed by atoms with E-state index in [0.717, 1.165) is 24.5 Å². The highest BCUT2D eigenvalue weighted by atomic mass is 16.4. The van der Waals surface area contributed by atoms with Gasteiger partial charge < -0.3 is 15.3 Å². The van der Waals surface area contributed by atoms with Gasteiger partial charge in [0.05, 0.1) is 11.5 Å². The molecule has 21 heavy (non-hydrogen) atoms. The zero-order valence-electron chi connectivity index (χ0n) is 12.0. The van der Waals surface area contributed by atoms with Crippen LogP contribution >= 0.6 is 0 Å². The van der Waals surface area contributed by atoms with Gasteiger partial charge in [0.25, 0.3) is 0 Å². The largest absolute Gasteiger partial charge is 0.481 e. The molecule has 112 valence electrons. The molecule has 2 aliphatic rings. The number of nitrogens with one attached hydrogen (secondary N) is 1. The number of amides is 1. The number of aliphatic carboxylic acids is 1. The topological polar surface area (TPSA) is 82.5 Å². The third-order valence-electron chi connectivity index (χ3n) is 4.64. The Hall–Kier alpha value is -2.11. The fraction of sp³-hybridized carbons (Fsp3) is 0.533. The number of anilines is 1. The molecule has 2 aliphatic heterocycles. The summed E-state index contributed by atoms with van der Waals surface area (Å²) in [5.74, 6) is -1.62. The van der Waals surface area contributed by atoms with Crippen molar-refractivity contribution in [2.24, 2.45) is 5.92 Å². The van der Waals surface area contributed by atoms with Gasteiger partial charge in [-0.3, -0.25) is 14.6 Å². The standard InChI is InChI=1S/C15H19N3O3/c1-10-8-11(2-5-16-10)18-6-3-15(4-7-18)12(14(20)21)9-13(19)17-15/h2,5,8,12H,3-4,6-7,9H2,1H3,(H,17,19)(H,20,21). The normalized spacial score (nSPS) is 24.1. The number of hydrogen-bond acceptors (Lipinski definition) is 4. The summed E-state index contributed by atoms with van der Waals surface area (Å²) in [6.45, 7) is 3.44. The maximum absolute atomic E-state index is 11.6. The Morgan fingerprint density at radius 1 is 1.48 bits per heavy atom. The maximum atomic E-state index is 11.6. The summed E-state index contributed by atoms with van der Waals surface area (Å²) in [4.78, 5) is 29.4. The molecule has 3 rings (SSSR count). The lowest BCUT2D eigenvalue weighted by molar-refractivity contribution is -0.144. The Morgan fingerprint density at radius 2 is 2.19 bits per heavy atom. The van der Waals surface area contributed by atoms with Crippen molar-refractivity contribution in [1.29, 1.82) is 0 Å². The SMILES string of the molecule is Cc1cc(N2CCC3(CC2)NC(=O)CC3C(=O)O)ccn1. The molecule has 0 aromatic carbocycles. The van der Waals surface area contributed by atoms with Crippen LogP contribution in [0.1, 0.15) is 25.0 Å². The average Bonchev–Trinajstić information content (AvgIpc) is 2.76. The molecular formula is C15H19N3O3. The molecule has 1 atom stereocenters. The average molecular weight is 289 g/mol. The summed E-state index contributed by atoms with van der Waals surface area (Å²) in [5, 5.41) is 12.3. The molecule has 1 spiro atoms. The minimum Gasteiger partial charge on any atom is -0.481 e. The lowest BCUT2D eigenvalue weighted by atomic mass is 9.77. The fourth-order valence-corrected chi connectivity index (χ4v) is 3.48. The van der Waals surface area contributed by atoms with Crippen LogP contribution in [0.5, 0.6) is 0 Å². The molecule has 3 heterocycles. The second kappa shape index (κ2) is 5.02. The van der Waals surface area contributed by atoms with Crippen LogP contribution in [0.15, 0.2) is 18.3 Å². The van der Waals surface area contributed by atoms with Gasteiger partial charge in [-0.15, -0.1) is 0 Å². The van der Waals surface area contributed by atoms with Gasteiger partial charge in [0.1, 0.15) is 0 Å². The van der Waals surface area contributed by atoms with Crippen LogP contribution in [0.25, 0.3) is 0 Å². The molecule has 2 saturated heterocycles. The van der Waals surface area contributed by atoms with Crippen molar-refractivity contribution in [3.8, 4) is 0 Å². The van der Waals surface area contributed by atoms with Crippen LogP contribution in [0.4, 0.5) is 5.69 Å². The summed E-state index contributed by atoms with van der Waals surface area (Å²) in [7, 11) is 0. The molecule has 2 N–H and O–H groups in total. The van der Waals surface area contributed by atoms with Gasteiger partial charge >= 0.3 is 5.97 Å². The number of rotatable bonds is 2. The van der Waals surface area contributed by atoms with Crippen molar-refractivity contribution >= 4 is 17.6 Å². The smallest absolute Gasteiger partial charge is 0.309 e. The Morgan fingerprint density at radius 3 is 2.81 bits per heavy atom. The van der Waals surface area contributed by atoms with Crippen LogP contribution in [-0.2, 0) is 9.59 Å². The summed E-state index contributed by atoms with van der Waals surface area (Å²) >= 11 is 0. The van der Waals surface area contributed by atoms with E-state index in [1.165, 1.54) is 0 Å². The van der Waals surface area contributed by atoms with Crippen molar-refractivity contribution < 1.29 is 14.7 Å². The van der Waals surface area contributed by atoms with E-state index in [9.17, 15) is 14.7 Å². The number of nitrogens with zero attached hydrogens (tertiary/aromatic N) is 2. The highest BCUT2D eigenvalue weighted by Gasteiger charge is 2.51. The predicted molar refractivity (Wildman–Crippen MR) is 77.0 cm³/mol. The van der Waals surface area contributed by atoms with Gasteiger partial charge in [-0.25, -0.2) is 0 Å². The maximum Gasteiger partial charge on any atom is 0.309 e. The van der Waals surface area contributed by atoms with E-state index in [-0.39, 0.29) is 12.3 Å². The van der Waals surface area contributed by atoms with Gasteiger partial charge in [-0.05, 0) is 31.9 Å². The highest BCUT2D eigenvalue weighted by Crippen LogP contribution is 2.37. The second-order valence-corrected chi connectivity index (χ2v) is 5.94. The summed E-state index contributed by atoms with van der Waals surface area (Å²) in [5.41, 5.74) is 1.50. The second-order valence-electron chi connectivity index (χ2n) is 5.94. The first-order chi connectivity index (χ1) is 10.00.